The topological polar surface area (TPSA) is 42.4 Å². The summed E-state index contributed by atoms with van der Waals surface area (Å²) in [5, 5.41) is 9.89. The molecule has 3 nitrogen and oxygen atoms in total. The van der Waals surface area contributed by atoms with Crippen molar-refractivity contribution in [2.24, 2.45) is 0 Å². The number of aliphatic hydroxyl groups excluding tert-OH is 1. The molecule has 0 saturated carbocycles. The highest BCUT2D eigenvalue weighted by Crippen LogP contribution is 2.21. The van der Waals surface area contributed by atoms with E-state index < -0.39 is 6.10 Å². The molecule has 0 amide bonds. The Bertz CT molecular complexity index is 307. The third-order valence-electron chi connectivity index (χ3n) is 2.19. The van der Waals surface area contributed by atoms with Crippen LogP contribution in [0.3, 0.4) is 0 Å². The fourth-order valence-electron chi connectivity index (χ4n) is 1.31. The Balaban J connectivity index is 2.58. The van der Waals surface area contributed by atoms with E-state index in [1.54, 1.807) is 24.2 Å². The van der Waals surface area contributed by atoms with Gasteiger partial charge in [-0.25, -0.2) is 0 Å². The first-order valence-electron chi connectivity index (χ1n) is 5.52. The lowest BCUT2D eigenvalue weighted by Crippen LogP contribution is -2.01. The molecule has 0 spiro atoms. The van der Waals surface area contributed by atoms with Crippen LogP contribution < -0.4 is 4.74 Å². The predicted octanol–water partition coefficient (Wildman–Crippen LogP) is 2.66. The van der Waals surface area contributed by atoms with E-state index in [1.807, 2.05) is 12.3 Å². The van der Waals surface area contributed by atoms with E-state index >= 15 is 0 Å². The molecule has 1 heterocycles. The van der Waals surface area contributed by atoms with Crippen LogP contribution in [0.25, 0.3) is 0 Å². The summed E-state index contributed by atoms with van der Waals surface area (Å²) in [5.41, 5.74) is 0.836. The standard InChI is InChI=1S/C12H19NO2S/c1-3-5-15-11-7-10(8-13-9-11)12(14)4-6-16-2/h7-9,12,14H,3-6H2,1-2H3. The minimum absolute atomic E-state index is 0.440. The molecule has 0 radical (unpaired) electrons. The van der Waals surface area contributed by atoms with Crippen molar-refractivity contribution in [1.82, 2.24) is 4.98 Å². The summed E-state index contributed by atoms with van der Waals surface area (Å²) in [6, 6.07) is 1.87. The maximum atomic E-state index is 9.89. The molecule has 4 heteroatoms. The zero-order chi connectivity index (χ0) is 11.8. The number of aromatic nitrogens is 1. The van der Waals surface area contributed by atoms with Gasteiger partial charge in [-0.05, 0) is 30.9 Å². The third kappa shape index (κ3) is 4.41. The molecule has 0 bridgehead atoms. The van der Waals surface area contributed by atoms with Gasteiger partial charge in [0.25, 0.3) is 0 Å². The molecule has 1 aromatic heterocycles. The molecule has 0 saturated heterocycles. The molecule has 0 aliphatic heterocycles. The van der Waals surface area contributed by atoms with Crippen LogP contribution in [0, 0.1) is 0 Å². The lowest BCUT2D eigenvalue weighted by atomic mass is 10.1. The second-order valence-corrected chi connectivity index (χ2v) is 4.59. The Kier molecular flexibility index (Phi) is 6.26. The van der Waals surface area contributed by atoms with Gasteiger partial charge in [-0.15, -0.1) is 0 Å². The highest BCUT2D eigenvalue weighted by molar-refractivity contribution is 7.98. The average molecular weight is 241 g/mol. The van der Waals surface area contributed by atoms with Crippen molar-refractivity contribution in [2.75, 3.05) is 18.6 Å². The van der Waals surface area contributed by atoms with Gasteiger partial charge in [-0.3, -0.25) is 4.98 Å². The number of nitrogens with zero attached hydrogens (tertiary/aromatic N) is 1. The van der Waals surface area contributed by atoms with Crippen LogP contribution in [-0.2, 0) is 0 Å². The molecular formula is C12H19NO2S. The predicted molar refractivity (Wildman–Crippen MR) is 68.0 cm³/mol. The monoisotopic (exact) mass is 241 g/mol. The van der Waals surface area contributed by atoms with Crippen LogP contribution in [-0.4, -0.2) is 28.7 Å². The molecule has 1 unspecified atom stereocenters. The van der Waals surface area contributed by atoms with Crippen molar-refractivity contribution in [3.05, 3.63) is 24.0 Å². The maximum absolute atomic E-state index is 9.89. The van der Waals surface area contributed by atoms with Crippen molar-refractivity contribution >= 4 is 11.8 Å². The first kappa shape index (κ1) is 13.3. The van der Waals surface area contributed by atoms with E-state index in [9.17, 15) is 5.11 Å². The van der Waals surface area contributed by atoms with Crippen LogP contribution in [0.4, 0.5) is 0 Å². The van der Waals surface area contributed by atoms with E-state index in [0.717, 1.165) is 29.9 Å². The first-order chi connectivity index (χ1) is 7.77. The van der Waals surface area contributed by atoms with E-state index in [4.69, 9.17) is 4.74 Å². The summed E-state index contributed by atoms with van der Waals surface area (Å²) in [5.74, 6) is 1.68. The normalized spacial score (nSPS) is 12.4. The van der Waals surface area contributed by atoms with Crippen LogP contribution >= 0.6 is 11.8 Å². The molecule has 90 valence electrons. The van der Waals surface area contributed by atoms with E-state index in [2.05, 4.69) is 11.9 Å². The number of aliphatic hydroxyl groups is 1. The second-order valence-electron chi connectivity index (χ2n) is 3.60. The fraction of sp³-hybridized carbons (Fsp3) is 0.583. The van der Waals surface area contributed by atoms with Gasteiger partial charge >= 0.3 is 0 Å². The highest BCUT2D eigenvalue weighted by atomic mass is 32.2. The third-order valence-corrected chi connectivity index (χ3v) is 2.83. The summed E-state index contributed by atoms with van der Waals surface area (Å²) in [6.07, 6.45) is 6.69. The number of hydrogen-bond donors (Lipinski definition) is 1. The molecule has 0 fully saturated rings. The van der Waals surface area contributed by atoms with Crippen molar-refractivity contribution in [3.8, 4) is 5.75 Å². The Morgan fingerprint density at radius 1 is 1.50 bits per heavy atom. The summed E-state index contributed by atoms with van der Waals surface area (Å²) in [6.45, 7) is 2.75. The zero-order valence-corrected chi connectivity index (χ0v) is 10.7. The Labute approximate surface area is 101 Å². The van der Waals surface area contributed by atoms with Gasteiger partial charge in [0.15, 0.2) is 0 Å². The number of thioether (sulfide) groups is 1. The SMILES string of the molecule is CCCOc1cncc(C(O)CCSC)c1. The number of pyridine rings is 1. The Morgan fingerprint density at radius 2 is 2.31 bits per heavy atom. The molecule has 0 aliphatic rings. The molecule has 1 N–H and O–H groups in total. The first-order valence-corrected chi connectivity index (χ1v) is 6.92. The highest BCUT2D eigenvalue weighted by Gasteiger charge is 2.08. The van der Waals surface area contributed by atoms with E-state index in [0.29, 0.717) is 6.61 Å². The van der Waals surface area contributed by atoms with Crippen LogP contribution in [0.5, 0.6) is 5.75 Å². The summed E-state index contributed by atoms with van der Waals surface area (Å²) in [4.78, 5) is 4.07. The van der Waals surface area contributed by atoms with Gasteiger partial charge in [0.2, 0.25) is 0 Å². The summed E-state index contributed by atoms with van der Waals surface area (Å²) in [7, 11) is 0. The molecule has 1 aromatic rings. The molecular weight excluding hydrogens is 222 g/mol. The van der Waals surface area contributed by atoms with E-state index in [-0.39, 0.29) is 0 Å². The lowest BCUT2D eigenvalue weighted by Gasteiger charge is -2.11. The molecule has 16 heavy (non-hydrogen) atoms. The minimum atomic E-state index is -0.440. The van der Waals surface area contributed by atoms with Gasteiger partial charge in [0.1, 0.15) is 5.75 Å². The van der Waals surface area contributed by atoms with Gasteiger partial charge in [-0.1, -0.05) is 6.92 Å². The van der Waals surface area contributed by atoms with Crippen LogP contribution in [0.15, 0.2) is 18.5 Å². The molecule has 0 aromatic carbocycles. The summed E-state index contributed by atoms with van der Waals surface area (Å²) < 4.78 is 5.47. The minimum Gasteiger partial charge on any atom is -0.492 e. The molecule has 1 rings (SSSR count). The van der Waals surface area contributed by atoms with Crippen molar-refractivity contribution < 1.29 is 9.84 Å². The van der Waals surface area contributed by atoms with Crippen molar-refractivity contribution in [3.63, 3.8) is 0 Å². The van der Waals surface area contributed by atoms with Gasteiger partial charge < -0.3 is 9.84 Å². The van der Waals surface area contributed by atoms with Crippen molar-refractivity contribution in [2.45, 2.75) is 25.9 Å². The Hall–Kier alpha value is -0.740. The largest absolute Gasteiger partial charge is 0.492 e. The fourth-order valence-corrected chi connectivity index (χ4v) is 1.77. The van der Waals surface area contributed by atoms with Gasteiger partial charge in [0.05, 0.1) is 18.9 Å². The average Bonchev–Trinajstić information content (AvgIpc) is 2.33. The maximum Gasteiger partial charge on any atom is 0.137 e. The van der Waals surface area contributed by atoms with E-state index in [1.165, 1.54) is 0 Å². The molecule has 1 atom stereocenters. The number of ether oxygens (including phenoxy) is 1. The second kappa shape index (κ2) is 7.52. The van der Waals surface area contributed by atoms with Gasteiger partial charge in [-0.2, -0.15) is 11.8 Å². The zero-order valence-electron chi connectivity index (χ0n) is 9.85. The van der Waals surface area contributed by atoms with Crippen LogP contribution in [0.2, 0.25) is 0 Å². The van der Waals surface area contributed by atoms with Crippen LogP contribution in [0.1, 0.15) is 31.4 Å². The Morgan fingerprint density at radius 3 is 3.00 bits per heavy atom. The van der Waals surface area contributed by atoms with Crippen molar-refractivity contribution in [1.29, 1.82) is 0 Å². The number of rotatable bonds is 7. The quantitative estimate of drug-likeness (QED) is 0.797. The number of hydrogen-bond acceptors (Lipinski definition) is 4. The molecule has 0 aliphatic carbocycles. The summed E-state index contributed by atoms with van der Waals surface area (Å²) >= 11 is 1.73. The lowest BCUT2D eigenvalue weighted by molar-refractivity contribution is 0.174. The smallest absolute Gasteiger partial charge is 0.137 e. The van der Waals surface area contributed by atoms with Gasteiger partial charge in [0, 0.05) is 11.8 Å².